The average Bonchev–Trinajstić information content (AvgIpc) is 1.68. The molecule has 0 unspecified atom stereocenters. The van der Waals surface area contributed by atoms with E-state index in [-0.39, 0.29) is 0 Å². The molecule has 0 atom stereocenters. The van der Waals surface area contributed by atoms with E-state index < -0.39 is 0 Å². The van der Waals surface area contributed by atoms with Crippen LogP contribution in [0.1, 0.15) is 0 Å². The summed E-state index contributed by atoms with van der Waals surface area (Å²) in [7, 11) is 0. The summed E-state index contributed by atoms with van der Waals surface area (Å²) in [6, 6.07) is 171. The zero-order valence-electron chi connectivity index (χ0n) is 73.7. The van der Waals surface area contributed by atoms with Gasteiger partial charge in [-0.1, -0.05) is 431 Å². The SMILES string of the molecule is c1ccc(-c2c3ccccc3c(-c3ccc4c(c3)oc3c5ccccc5c5ccccc5c43)c3ccccc23)cc1.c1ccc(-c2ccc(-c3c4ccccc4c(-c4ccc5sc6c7ccccc7c7ccccc7c6c5c4)c4ccccc34)cc2)cc1.c1ccc2c(c1)oc1c(-c3c4ccccc4c(-c4ccc5oc6c7ccccc7c7ccccc7c6c5c4)c4ccccc34)cccc12. The van der Waals surface area contributed by atoms with Gasteiger partial charge in [-0.05, 0) is 222 Å². The Morgan fingerprint density at radius 3 is 0.890 bits per heavy atom. The molecule has 630 valence electrons. The largest absolute Gasteiger partial charge is 0.455 e. The zero-order chi connectivity index (χ0) is 89.2. The van der Waals surface area contributed by atoms with Gasteiger partial charge in [-0.15, -0.1) is 11.3 Å². The summed E-state index contributed by atoms with van der Waals surface area (Å²) >= 11 is 1.92. The van der Waals surface area contributed by atoms with E-state index in [0.717, 1.165) is 76.9 Å². The molecule has 0 N–H and O–H groups in total. The van der Waals surface area contributed by atoms with Crippen molar-refractivity contribution in [2.24, 2.45) is 0 Å². The number of hydrogen-bond donors (Lipinski definition) is 0. The summed E-state index contributed by atoms with van der Waals surface area (Å²) < 4.78 is 22.7. The van der Waals surface area contributed by atoms with Crippen molar-refractivity contribution in [3.05, 3.63) is 473 Å². The first kappa shape index (κ1) is 77.2. The predicted octanol–water partition coefficient (Wildman–Crippen LogP) is 38.6. The second-order valence-corrected chi connectivity index (χ2v) is 37.0. The summed E-state index contributed by atoms with van der Waals surface area (Å²) in [5.41, 5.74) is 22.7. The third-order valence-corrected chi connectivity index (χ3v) is 29.9. The molecule has 0 radical (unpaired) electrons. The first-order valence-corrected chi connectivity index (χ1v) is 47.6. The number of para-hydroxylation sites is 2. The molecule has 0 spiro atoms. The van der Waals surface area contributed by atoms with Gasteiger partial charge in [-0.2, -0.15) is 0 Å². The van der Waals surface area contributed by atoms with Gasteiger partial charge in [0.15, 0.2) is 0 Å². The minimum Gasteiger partial charge on any atom is -0.455 e. The van der Waals surface area contributed by atoms with Gasteiger partial charge in [-0.3, -0.25) is 0 Å². The molecular weight excluding hydrogens is 1670 g/mol. The molecule has 30 aromatic rings. The third kappa shape index (κ3) is 11.9. The van der Waals surface area contributed by atoms with Crippen LogP contribution in [0, 0.1) is 0 Å². The predicted molar refractivity (Wildman–Crippen MR) is 582 cm³/mol. The van der Waals surface area contributed by atoms with E-state index >= 15 is 0 Å². The van der Waals surface area contributed by atoms with Crippen LogP contribution in [0.4, 0.5) is 0 Å². The molecule has 0 amide bonds. The van der Waals surface area contributed by atoms with E-state index in [1.807, 2.05) is 17.4 Å². The van der Waals surface area contributed by atoms with Crippen molar-refractivity contribution in [1.29, 1.82) is 0 Å². The van der Waals surface area contributed by atoms with Crippen molar-refractivity contribution in [3.63, 3.8) is 0 Å². The van der Waals surface area contributed by atoms with Crippen molar-refractivity contribution in [2.45, 2.75) is 0 Å². The highest BCUT2D eigenvalue weighted by Gasteiger charge is 2.27. The van der Waals surface area contributed by atoms with Crippen LogP contribution in [0.2, 0.25) is 0 Å². The highest BCUT2D eigenvalue weighted by Crippen LogP contribution is 2.54. The Labute approximate surface area is 785 Å². The quantitative estimate of drug-likeness (QED) is 0.118. The monoisotopic (exact) mass is 1740 g/mol. The number of benzene rings is 26. The van der Waals surface area contributed by atoms with Crippen molar-refractivity contribution in [3.8, 4) is 77.9 Å². The van der Waals surface area contributed by atoms with E-state index in [2.05, 4.69) is 467 Å². The molecule has 0 bridgehead atoms. The van der Waals surface area contributed by atoms with Gasteiger partial charge in [0.05, 0.1) is 0 Å². The summed E-state index contributed by atoms with van der Waals surface area (Å²) in [5, 5.41) is 39.6. The van der Waals surface area contributed by atoms with Crippen LogP contribution in [0.5, 0.6) is 0 Å². The van der Waals surface area contributed by atoms with Gasteiger partial charge >= 0.3 is 0 Å². The van der Waals surface area contributed by atoms with Crippen LogP contribution in [-0.2, 0) is 0 Å². The fourth-order valence-electron chi connectivity index (χ4n) is 22.9. The second kappa shape index (κ2) is 31.1. The van der Waals surface area contributed by atoms with Gasteiger partial charge in [-0.25, -0.2) is 0 Å². The summed E-state index contributed by atoms with van der Waals surface area (Å²) in [4.78, 5) is 0. The smallest absolute Gasteiger partial charge is 0.143 e. The van der Waals surface area contributed by atoms with E-state index in [4.69, 9.17) is 13.3 Å². The molecule has 3 nitrogen and oxygen atoms in total. The molecule has 4 heteroatoms. The van der Waals surface area contributed by atoms with Gasteiger partial charge in [0.1, 0.15) is 33.5 Å². The molecule has 30 rings (SSSR count). The van der Waals surface area contributed by atoms with Crippen LogP contribution in [-0.4, -0.2) is 0 Å². The van der Waals surface area contributed by atoms with Crippen molar-refractivity contribution in [1.82, 2.24) is 0 Å². The summed E-state index contributed by atoms with van der Waals surface area (Å²) in [6.45, 7) is 0. The average molecular weight is 1740 g/mol. The third-order valence-electron chi connectivity index (χ3n) is 28.7. The standard InChI is InChI=1S/C46H26O2.C46H28S.C40H24O/c1-3-15-31-28(12-1)29-13-2-8-20-36(29)46-44(31)39-26-27(24-25-41(39)48-46)42-32-16-4-6-18-34(32)43(35-19-7-5-17-33(35)42)38-22-11-21-37-30-14-9-10-23-40(30)47-45(37)38;1-2-12-29(13-3-1)30-22-24-31(25-23-30)43-36-17-7-9-19-38(36)44(39-20-10-8-18-37(39)43)32-26-27-42-41(28-32)45-35-16-6-4-14-33(35)34-15-5-11-21-40(34)46(45)47-42;1-2-12-25(13-3-1)37-30-17-7-9-19-32(30)38(33-20-10-8-18-31(33)37)26-22-23-35-36(24-26)41-40-34-21-11-5-15-28(34)27-14-4-6-16-29(27)39(35)40/h1-26H;1-28H;1-24H. The van der Waals surface area contributed by atoms with Gasteiger partial charge in [0.2, 0.25) is 0 Å². The molecule has 0 saturated heterocycles. The topological polar surface area (TPSA) is 39.4 Å². The van der Waals surface area contributed by atoms with Crippen LogP contribution in [0.3, 0.4) is 0 Å². The highest BCUT2D eigenvalue weighted by molar-refractivity contribution is 7.27. The minimum atomic E-state index is 0.900. The van der Waals surface area contributed by atoms with Gasteiger partial charge in [0.25, 0.3) is 0 Å². The van der Waals surface area contributed by atoms with Crippen LogP contribution in [0.15, 0.2) is 486 Å². The Hall–Kier alpha value is -17.5. The maximum atomic E-state index is 6.75. The normalized spacial score (nSPS) is 12.0. The molecule has 4 heterocycles. The Kier molecular flexibility index (Phi) is 17.6. The van der Waals surface area contributed by atoms with Crippen LogP contribution in [0.25, 0.3) is 293 Å². The number of thiophene rings is 1. The fraction of sp³-hybridized carbons (Fsp3) is 0. The van der Waals surface area contributed by atoms with E-state index in [1.165, 1.54) is 216 Å². The molecule has 0 aliphatic rings. The van der Waals surface area contributed by atoms with Crippen LogP contribution < -0.4 is 0 Å². The lowest BCUT2D eigenvalue weighted by Gasteiger charge is -2.18. The van der Waals surface area contributed by atoms with Crippen molar-refractivity contribution >= 4 is 227 Å². The number of furan rings is 3. The van der Waals surface area contributed by atoms with Gasteiger partial charge < -0.3 is 13.3 Å². The maximum Gasteiger partial charge on any atom is 0.143 e. The maximum absolute atomic E-state index is 6.75. The number of fused-ring (bicyclic) bond motifs is 33. The Bertz CT molecular complexity index is 10100. The minimum absolute atomic E-state index is 0.900. The molecule has 4 aromatic heterocycles. The first-order valence-electron chi connectivity index (χ1n) is 46.7. The molecule has 0 aliphatic heterocycles. The van der Waals surface area contributed by atoms with E-state index in [9.17, 15) is 0 Å². The Morgan fingerprint density at radius 2 is 0.412 bits per heavy atom. The lowest BCUT2D eigenvalue weighted by molar-refractivity contribution is 0.670. The molecule has 26 aromatic carbocycles. The van der Waals surface area contributed by atoms with Crippen molar-refractivity contribution < 1.29 is 13.3 Å². The molecule has 136 heavy (non-hydrogen) atoms. The molecule has 0 saturated carbocycles. The Morgan fingerprint density at radius 1 is 0.132 bits per heavy atom. The zero-order valence-corrected chi connectivity index (χ0v) is 74.5. The molecule has 0 fully saturated rings. The molecule has 0 aliphatic carbocycles. The second-order valence-electron chi connectivity index (χ2n) is 35.9. The Balaban J connectivity index is 0.000000101. The lowest BCUT2D eigenvalue weighted by atomic mass is 9.85. The van der Waals surface area contributed by atoms with E-state index in [0.29, 0.717) is 0 Å². The number of rotatable bonds is 7. The van der Waals surface area contributed by atoms with Crippen molar-refractivity contribution in [2.75, 3.05) is 0 Å². The number of hydrogen-bond acceptors (Lipinski definition) is 4. The van der Waals surface area contributed by atoms with Gasteiger partial charge in [0, 0.05) is 79.8 Å². The molecular formula is C132H78O3S. The summed E-state index contributed by atoms with van der Waals surface area (Å²) in [5.74, 6) is 0. The first-order chi connectivity index (χ1) is 67.5. The fourth-order valence-corrected chi connectivity index (χ4v) is 24.2. The highest BCUT2D eigenvalue weighted by atomic mass is 32.1. The van der Waals surface area contributed by atoms with E-state index in [1.54, 1.807) is 0 Å². The van der Waals surface area contributed by atoms with Crippen LogP contribution >= 0.6 is 11.3 Å². The summed E-state index contributed by atoms with van der Waals surface area (Å²) in [6.07, 6.45) is 0. The lowest BCUT2D eigenvalue weighted by Crippen LogP contribution is -1.91.